The second-order valence-corrected chi connectivity index (χ2v) is 4.33. The summed E-state index contributed by atoms with van der Waals surface area (Å²) in [5.41, 5.74) is 2.65. The zero-order valence-electron chi connectivity index (χ0n) is 7.64. The highest BCUT2D eigenvalue weighted by Gasteiger charge is 2.27. The highest BCUT2D eigenvalue weighted by molar-refractivity contribution is 7.13. The van der Waals surface area contributed by atoms with Gasteiger partial charge in [0.25, 0.3) is 0 Å². The van der Waals surface area contributed by atoms with Gasteiger partial charge in [-0.25, -0.2) is 0 Å². The molecule has 0 amide bonds. The molecule has 1 aromatic carbocycles. The van der Waals surface area contributed by atoms with Crippen molar-refractivity contribution in [3.63, 3.8) is 0 Å². The summed E-state index contributed by atoms with van der Waals surface area (Å²) in [6.07, 6.45) is 0.341. The average molecular weight is 202 g/mol. The second kappa shape index (κ2) is 3.23. The lowest BCUT2D eigenvalue weighted by Gasteiger charge is -2.03. The van der Waals surface area contributed by atoms with Gasteiger partial charge < -0.3 is 4.74 Å². The van der Waals surface area contributed by atoms with E-state index < -0.39 is 0 Å². The van der Waals surface area contributed by atoms with Gasteiger partial charge in [0, 0.05) is 4.88 Å². The van der Waals surface area contributed by atoms with E-state index in [9.17, 15) is 0 Å². The van der Waals surface area contributed by atoms with Gasteiger partial charge in [-0.15, -0.1) is 11.3 Å². The number of hydrogen-bond donors (Lipinski definition) is 0. The molecule has 70 valence electrons. The Morgan fingerprint density at radius 1 is 1.14 bits per heavy atom. The topological polar surface area (TPSA) is 12.5 Å². The standard InChI is InChI=1S/C12H10OS/c1-2-5-10(12-6-3-7-14-12)9(4-1)11-8-13-11/h1-7,11H,8H2. The van der Waals surface area contributed by atoms with Crippen LogP contribution in [0.5, 0.6) is 0 Å². The number of thiophene rings is 1. The van der Waals surface area contributed by atoms with E-state index in [1.54, 1.807) is 11.3 Å². The average Bonchev–Trinajstić information content (AvgIpc) is 2.94. The number of benzene rings is 1. The van der Waals surface area contributed by atoms with Crippen LogP contribution in [0, 0.1) is 0 Å². The summed E-state index contributed by atoms with van der Waals surface area (Å²) in [5.74, 6) is 0. The normalized spacial score (nSPS) is 19.6. The van der Waals surface area contributed by atoms with Crippen molar-refractivity contribution < 1.29 is 4.74 Å². The van der Waals surface area contributed by atoms with Crippen molar-refractivity contribution in [2.24, 2.45) is 0 Å². The second-order valence-electron chi connectivity index (χ2n) is 3.39. The molecule has 14 heavy (non-hydrogen) atoms. The molecule has 0 aliphatic carbocycles. The van der Waals surface area contributed by atoms with Crippen molar-refractivity contribution >= 4 is 11.3 Å². The SMILES string of the molecule is c1csc(-c2ccccc2C2CO2)c1. The number of ether oxygens (including phenoxy) is 1. The highest BCUT2D eigenvalue weighted by atomic mass is 32.1. The van der Waals surface area contributed by atoms with Crippen molar-refractivity contribution in [1.29, 1.82) is 0 Å². The molecule has 0 bridgehead atoms. The first-order chi connectivity index (χ1) is 6.95. The fraction of sp³-hybridized carbons (Fsp3) is 0.167. The van der Waals surface area contributed by atoms with Crippen molar-refractivity contribution in [2.75, 3.05) is 6.61 Å². The monoisotopic (exact) mass is 202 g/mol. The van der Waals surface area contributed by atoms with Crippen molar-refractivity contribution in [2.45, 2.75) is 6.10 Å². The zero-order valence-corrected chi connectivity index (χ0v) is 8.46. The van der Waals surface area contributed by atoms with Crippen molar-refractivity contribution in [1.82, 2.24) is 0 Å². The van der Waals surface area contributed by atoms with E-state index in [0.717, 1.165) is 6.61 Å². The van der Waals surface area contributed by atoms with Crippen LogP contribution in [0.1, 0.15) is 11.7 Å². The van der Waals surface area contributed by atoms with E-state index in [4.69, 9.17) is 4.74 Å². The Balaban J connectivity index is 2.12. The number of rotatable bonds is 2. The summed E-state index contributed by atoms with van der Waals surface area (Å²) in [7, 11) is 0. The third-order valence-electron chi connectivity index (χ3n) is 2.43. The lowest BCUT2D eigenvalue weighted by Crippen LogP contribution is -1.84. The Morgan fingerprint density at radius 3 is 2.71 bits per heavy atom. The number of epoxide rings is 1. The van der Waals surface area contributed by atoms with Gasteiger partial charge in [0.2, 0.25) is 0 Å². The van der Waals surface area contributed by atoms with Crippen LogP contribution >= 0.6 is 11.3 Å². The van der Waals surface area contributed by atoms with Gasteiger partial charge in [0.05, 0.1) is 6.61 Å². The van der Waals surface area contributed by atoms with Crippen LogP contribution in [0.4, 0.5) is 0 Å². The molecule has 0 radical (unpaired) electrons. The quantitative estimate of drug-likeness (QED) is 0.679. The molecule has 1 nitrogen and oxygen atoms in total. The molecule has 1 aromatic heterocycles. The smallest absolute Gasteiger partial charge is 0.107 e. The van der Waals surface area contributed by atoms with Gasteiger partial charge in [-0.05, 0) is 22.6 Å². The van der Waals surface area contributed by atoms with Crippen LogP contribution in [-0.2, 0) is 4.74 Å². The van der Waals surface area contributed by atoms with Crippen LogP contribution in [0.25, 0.3) is 10.4 Å². The van der Waals surface area contributed by atoms with E-state index in [-0.39, 0.29) is 0 Å². The van der Waals surface area contributed by atoms with Gasteiger partial charge in [0.15, 0.2) is 0 Å². The summed E-state index contributed by atoms with van der Waals surface area (Å²) in [6.45, 7) is 0.877. The first-order valence-electron chi connectivity index (χ1n) is 4.69. The van der Waals surface area contributed by atoms with Crippen LogP contribution in [0.3, 0.4) is 0 Å². The fourth-order valence-electron chi connectivity index (χ4n) is 1.66. The molecule has 1 saturated heterocycles. The van der Waals surface area contributed by atoms with Crippen LogP contribution in [0.15, 0.2) is 41.8 Å². The predicted molar refractivity (Wildman–Crippen MR) is 58.4 cm³/mol. The van der Waals surface area contributed by atoms with E-state index in [1.165, 1.54) is 16.0 Å². The van der Waals surface area contributed by atoms with Gasteiger partial charge in [0.1, 0.15) is 6.10 Å². The molecule has 0 spiro atoms. The predicted octanol–water partition coefficient (Wildman–Crippen LogP) is 3.49. The molecule has 1 fully saturated rings. The molecule has 1 atom stereocenters. The maximum Gasteiger partial charge on any atom is 0.107 e. The zero-order chi connectivity index (χ0) is 9.38. The molecule has 1 unspecified atom stereocenters. The van der Waals surface area contributed by atoms with Gasteiger partial charge in [-0.3, -0.25) is 0 Å². The van der Waals surface area contributed by atoms with Crippen LogP contribution in [0.2, 0.25) is 0 Å². The Hall–Kier alpha value is -1.12. The van der Waals surface area contributed by atoms with Gasteiger partial charge in [-0.1, -0.05) is 30.3 Å². The number of hydrogen-bond acceptors (Lipinski definition) is 2. The Labute approximate surface area is 87.0 Å². The molecule has 2 heteroatoms. The van der Waals surface area contributed by atoms with Crippen LogP contribution < -0.4 is 0 Å². The lowest BCUT2D eigenvalue weighted by molar-refractivity contribution is 0.416. The third kappa shape index (κ3) is 1.37. The molecule has 3 rings (SSSR count). The largest absolute Gasteiger partial charge is 0.368 e. The minimum atomic E-state index is 0.341. The Kier molecular flexibility index (Phi) is 1.89. The van der Waals surface area contributed by atoms with E-state index in [1.807, 2.05) is 0 Å². The minimum Gasteiger partial charge on any atom is -0.368 e. The van der Waals surface area contributed by atoms with E-state index in [2.05, 4.69) is 41.8 Å². The Bertz CT molecular complexity index is 429. The summed E-state index contributed by atoms with van der Waals surface area (Å²) in [5, 5.41) is 2.11. The maximum atomic E-state index is 5.34. The molecular formula is C12H10OS. The summed E-state index contributed by atoms with van der Waals surface area (Å²) >= 11 is 1.78. The van der Waals surface area contributed by atoms with E-state index in [0.29, 0.717) is 6.10 Å². The maximum absolute atomic E-state index is 5.34. The summed E-state index contributed by atoms with van der Waals surface area (Å²) in [6, 6.07) is 12.7. The molecule has 2 heterocycles. The van der Waals surface area contributed by atoms with Crippen LogP contribution in [-0.4, -0.2) is 6.61 Å². The molecule has 2 aromatic rings. The molecule has 0 N–H and O–H groups in total. The first-order valence-corrected chi connectivity index (χ1v) is 5.57. The molecule has 1 aliphatic heterocycles. The lowest BCUT2D eigenvalue weighted by atomic mass is 10.0. The Morgan fingerprint density at radius 2 is 2.00 bits per heavy atom. The first kappa shape index (κ1) is 8.21. The molecule has 0 saturated carbocycles. The van der Waals surface area contributed by atoms with Crippen molar-refractivity contribution in [3.05, 3.63) is 47.3 Å². The molecule has 1 aliphatic rings. The third-order valence-corrected chi connectivity index (χ3v) is 3.33. The van der Waals surface area contributed by atoms with Crippen molar-refractivity contribution in [3.8, 4) is 10.4 Å². The van der Waals surface area contributed by atoms with Gasteiger partial charge in [-0.2, -0.15) is 0 Å². The minimum absolute atomic E-state index is 0.341. The fourth-order valence-corrected chi connectivity index (χ4v) is 2.44. The van der Waals surface area contributed by atoms with E-state index >= 15 is 0 Å². The molecular weight excluding hydrogens is 192 g/mol. The summed E-state index contributed by atoms with van der Waals surface area (Å²) in [4.78, 5) is 1.33. The summed E-state index contributed by atoms with van der Waals surface area (Å²) < 4.78 is 5.34. The highest BCUT2D eigenvalue weighted by Crippen LogP contribution is 2.38. The van der Waals surface area contributed by atoms with Gasteiger partial charge >= 0.3 is 0 Å².